The lowest BCUT2D eigenvalue weighted by atomic mass is 9.85. The van der Waals surface area contributed by atoms with E-state index in [1.807, 2.05) is 0 Å². The third-order valence-corrected chi connectivity index (χ3v) is 3.16. The molecule has 0 aliphatic heterocycles. The molecule has 2 amide bonds. The lowest BCUT2D eigenvalue weighted by molar-refractivity contribution is -0.141. The van der Waals surface area contributed by atoms with Crippen LogP contribution in [0.2, 0.25) is 0 Å². The minimum Gasteiger partial charge on any atom is -0.480 e. The van der Waals surface area contributed by atoms with Crippen molar-refractivity contribution in [3.8, 4) is 0 Å². The summed E-state index contributed by atoms with van der Waals surface area (Å²) in [6, 6.07) is -1.26. The highest BCUT2D eigenvalue weighted by Gasteiger charge is 2.32. The number of hydrogen-bond acceptors (Lipinski definition) is 2. The number of carbonyl (C=O) groups excluding carboxylic acids is 1. The molecule has 0 spiro atoms. The van der Waals surface area contributed by atoms with E-state index in [2.05, 4.69) is 10.6 Å². The van der Waals surface area contributed by atoms with Crippen LogP contribution in [0.5, 0.6) is 0 Å². The Morgan fingerprint density at radius 2 is 1.94 bits per heavy atom. The number of rotatable bonds is 4. The SMILES string of the molecule is CC(C)(C)[C@@H](NC(=O)NCC1CCC1)C(=O)O. The summed E-state index contributed by atoms with van der Waals surface area (Å²) in [4.78, 5) is 22.6. The predicted octanol–water partition coefficient (Wildman–Crippen LogP) is 1.59. The summed E-state index contributed by atoms with van der Waals surface area (Å²) in [5.41, 5.74) is -0.500. The minimum absolute atomic E-state index is 0.390. The predicted molar refractivity (Wildman–Crippen MR) is 64.8 cm³/mol. The minimum atomic E-state index is -1.00. The summed E-state index contributed by atoms with van der Waals surface area (Å²) in [7, 11) is 0. The highest BCUT2D eigenvalue weighted by molar-refractivity contribution is 5.83. The van der Waals surface area contributed by atoms with E-state index in [9.17, 15) is 9.59 Å². The van der Waals surface area contributed by atoms with Crippen molar-refractivity contribution in [2.75, 3.05) is 6.54 Å². The van der Waals surface area contributed by atoms with Crippen LogP contribution in [-0.4, -0.2) is 29.7 Å². The summed E-state index contributed by atoms with van der Waals surface area (Å²) < 4.78 is 0. The Labute approximate surface area is 102 Å². The second-order valence-electron chi connectivity index (χ2n) is 5.79. The molecule has 1 rings (SSSR count). The molecule has 5 heteroatoms. The van der Waals surface area contributed by atoms with Crippen molar-refractivity contribution in [3.63, 3.8) is 0 Å². The molecule has 0 aromatic carbocycles. The molecule has 5 nitrogen and oxygen atoms in total. The molecule has 3 N–H and O–H groups in total. The zero-order chi connectivity index (χ0) is 13.1. The van der Waals surface area contributed by atoms with E-state index in [-0.39, 0.29) is 6.03 Å². The third-order valence-electron chi connectivity index (χ3n) is 3.16. The average Bonchev–Trinajstić information content (AvgIpc) is 2.09. The van der Waals surface area contributed by atoms with Gasteiger partial charge in [0.2, 0.25) is 0 Å². The Kier molecular flexibility index (Phi) is 4.37. The Hall–Kier alpha value is -1.26. The van der Waals surface area contributed by atoms with Crippen molar-refractivity contribution in [2.24, 2.45) is 11.3 Å². The first kappa shape index (κ1) is 13.8. The van der Waals surface area contributed by atoms with Gasteiger partial charge in [-0.15, -0.1) is 0 Å². The highest BCUT2D eigenvalue weighted by Crippen LogP contribution is 2.25. The van der Waals surface area contributed by atoms with Crippen LogP contribution in [0.25, 0.3) is 0 Å². The molecule has 1 saturated carbocycles. The second kappa shape index (κ2) is 5.38. The van der Waals surface area contributed by atoms with Gasteiger partial charge in [0.25, 0.3) is 0 Å². The van der Waals surface area contributed by atoms with Gasteiger partial charge in [0.05, 0.1) is 0 Å². The van der Waals surface area contributed by atoms with Gasteiger partial charge in [-0.05, 0) is 24.2 Å². The van der Waals surface area contributed by atoms with E-state index < -0.39 is 17.4 Å². The monoisotopic (exact) mass is 242 g/mol. The zero-order valence-corrected chi connectivity index (χ0v) is 10.7. The van der Waals surface area contributed by atoms with Crippen molar-refractivity contribution < 1.29 is 14.7 Å². The Bertz CT molecular complexity index is 293. The quantitative estimate of drug-likeness (QED) is 0.700. The van der Waals surface area contributed by atoms with Crippen LogP contribution in [0.3, 0.4) is 0 Å². The highest BCUT2D eigenvalue weighted by atomic mass is 16.4. The summed E-state index contributed by atoms with van der Waals surface area (Å²) in [5.74, 6) is -0.435. The lowest BCUT2D eigenvalue weighted by Gasteiger charge is -2.29. The molecule has 0 unspecified atom stereocenters. The van der Waals surface area contributed by atoms with E-state index in [1.165, 1.54) is 6.42 Å². The molecule has 0 aromatic heterocycles. The summed E-state index contributed by atoms with van der Waals surface area (Å²) in [6.45, 7) is 6.01. The molecule has 0 radical (unpaired) electrons. The number of aliphatic carboxylic acids is 1. The number of carbonyl (C=O) groups is 2. The van der Waals surface area contributed by atoms with Gasteiger partial charge < -0.3 is 15.7 Å². The van der Waals surface area contributed by atoms with Crippen LogP contribution >= 0.6 is 0 Å². The van der Waals surface area contributed by atoms with Crippen molar-refractivity contribution in [2.45, 2.75) is 46.1 Å². The Balaban J connectivity index is 2.38. The average molecular weight is 242 g/mol. The second-order valence-corrected chi connectivity index (χ2v) is 5.79. The summed E-state index contributed by atoms with van der Waals surface area (Å²) >= 11 is 0. The molecule has 1 aliphatic carbocycles. The smallest absolute Gasteiger partial charge is 0.326 e. The molecule has 0 saturated heterocycles. The number of nitrogens with one attached hydrogen (secondary N) is 2. The molecule has 1 fully saturated rings. The fraction of sp³-hybridized carbons (Fsp3) is 0.833. The normalized spacial score (nSPS) is 18.1. The van der Waals surface area contributed by atoms with Gasteiger partial charge in [-0.3, -0.25) is 0 Å². The van der Waals surface area contributed by atoms with Crippen molar-refractivity contribution in [1.82, 2.24) is 10.6 Å². The maximum Gasteiger partial charge on any atom is 0.326 e. The molecule has 98 valence electrons. The van der Waals surface area contributed by atoms with Crippen LogP contribution in [-0.2, 0) is 4.79 Å². The molecule has 0 bridgehead atoms. The Morgan fingerprint density at radius 1 is 1.35 bits per heavy atom. The van der Waals surface area contributed by atoms with Gasteiger partial charge in [0, 0.05) is 6.54 Å². The molecular formula is C12H22N2O3. The first-order chi connectivity index (χ1) is 7.80. The first-order valence-electron chi connectivity index (χ1n) is 6.08. The van der Waals surface area contributed by atoms with E-state index in [0.717, 1.165) is 12.8 Å². The van der Waals surface area contributed by atoms with Crippen molar-refractivity contribution in [1.29, 1.82) is 0 Å². The van der Waals surface area contributed by atoms with Crippen LogP contribution < -0.4 is 10.6 Å². The topological polar surface area (TPSA) is 78.4 Å². The Morgan fingerprint density at radius 3 is 2.29 bits per heavy atom. The third kappa shape index (κ3) is 4.24. The molecule has 1 atom stereocenters. The maximum atomic E-state index is 11.6. The number of carboxylic acid groups (broad SMARTS) is 1. The van der Waals surface area contributed by atoms with Gasteiger partial charge in [0.15, 0.2) is 0 Å². The van der Waals surface area contributed by atoms with Crippen LogP contribution in [0.1, 0.15) is 40.0 Å². The molecule has 17 heavy (non-hydrogen) atoms. The molecule has 1 aliphatic rings. The van der Waals surface area contributed by atoms with Crippen molar-refractivity contribution >= 4 is 12.0 Å². The number of urea groups is 1. The molecule has 0 aromatic rings. The van der Waals surface area contributed by atoms with Gasteiger partial charge in [-0.25, -0.2) is 9.59 Å². The zero-order valence-electron chi connectivity index (χ0n) is 10.7. The van der Waals surface area contributed by atoms with E-state index >= 15 is 0 Å². The van der Waals surface area contributed by atoms with E-state index in [1.54, 1.807) is 20.8 Å². The fourth-order valence-corrected chi connectivity index (χ4v) is 1.76. The summed E-state index contributed by atoms with van der Waals surface area (Å²) in [5, 5.41) is 14.3. The van der Waals surface area contributed by atoms with E-state index in [4.69, 9.17) is 5.11 Å². The summed E-state index contributed by atoms with van der Waals surface area (Å²) in [6.07, 6.45) is 3.54. The first-order valence-corrected chi connectivity index (χ1v) is 6.08. The van der Waals surface area contributed by atoms with Crippen LogP contribution in [0.4, 0.5) is 4.79 Å². The standard InChI is InChI=1S/C12H22N2O3/c1-12(2,3)9(10(15)16)14-11(17)13-7-8-5-4-6-8/h8-9H,4-7H2,1-3H3,(H,15,16)(H2,13,14,17)/t9-/m0/s1. The van der Waals surface area contributed by atoms with Gasteiger partial charge in [-0.1, -0.05) is 27.2 Å². The van der Waals surface area contributed by atoms with E-state index in [0.29, 0.717) is 12.5 Å². The molecular weight excluding hydrogens is 220 g/mol. The number of hydrogen-bond donors (Lipinski definition) is 3. The fourth-order valence-electron chi connectivity index (χ4n) is 1.76. The lowest BCUT2D eigenvalue weighted by Crippen LogP contribution is -2.53. The van der Waals surface area contributed by atoms with Gasteiger partial charge >= 0.3 is 12.0 Å². The van der Waals surface area contributed by atoms with Gasteiger partial charge in [-0.2, -0.15) is 0 Å². The van der Waals surface area contributed by atoms with Gasteiger partial charge in [0.1, 0.15) is 6.04 Å². The maximum absolute atomic E-state index is 11.6. The number of carboxylic acids is 1. The van der Waals surface area contributed by atoms with Crippen molar-refractivity contribution in [3.05, 3.63) is 0 Å². The van der Waals surface area contributed by atoms with Crippen LogP contribution in [0, 0.1) is 11.3 Å². The largest absolute Gasteiger partial charge is 0.480 e. The molecule has 0 heterocycles. The number of amides is 2. The van der Waals surface area contributed by atoms with Crippen LogP contribution in [0.15, 0.2) is 0 Å².